The van der Waals surface area contributed by atoms with E-state index in [1.165, 1.54) is 6.42 Å². The second kappa shape index (κ2) is 2.58. The molecule has 64 valence electrons. The molecule has 0 spiro atoms. The van der Waals surface area contributed by atoms with Gasteiger partial charge in [-0.2, -0.15) is 0 Å². The Morgan fingerprint density at radius 1 is 1.50 bits per heavy atom. The molecule has 2 aliphatic rings. The van der Waals surface area contributed by atoms with Crippen LogP contribution >= 0.6 is 0 Å². The van der Waals surface area contributed by atoms with Crippen molar-refractivity contribution < 1.29 is 4.79 Å². The number of fused-ring (bicyclic) bond motifs is 1. The molecule has 2 rings (SSSR count). The van der Waals surface area contributed by atoms with E-state index in [0.717, 1.165) is 31.3 Å². The van der Waals surface area contributed by atoms with Crippen LogP contribution in [0.1, 0.15) is 32.1 Å². The fourth-order valence-electron chi connectivity index (χ4n) is 2.44. The van der Waals surface area contributed by atoms with Gasteiger partial charge in [0.05, 0.1) is 0 Å². The van der Waals surface area contributed by atoms with E-state index in [1.54, 1.807) is 0 Å². The summed E-state index contributed by atoms with van der Waals surface area (Å²) < 4.78 is 0. The van der Waals surface area contributed by atoms with Crippen molar-refractivity contribution >= 4 is 5.78 Å². The molecule has 1 fully saturated rings. The van der Waals surface area contributed by atoms with Gasteiger partial charge in [-0.3, -0.25) is 4.79 Å². The molecule has 0 aromatic rings. The first-order chi connectivity index (χ1) is 5.78. The van der Waals surface area contributed by atoms with Crippen LogP contribution in [0.2, 0.25) is 0 Å². The molecular formula is C11H14O. The lowest BCUT2D eigenvalue weighted by Gasteiger charge is -2.29. The van der Waals surface area contributed by atoms with Gasteiger partial charge in [-0.05, 0) is 25.7 Å². The fraction of sp³-hybridized carbons (Fsp3) is 0.545. The van der Waals surface area contributed by atoms with Crippen LogP contribution in [0.15, 0.2) is 24.3 Å². The first-order valence-electron chi connectivity index (χ1n) is 4.66. The molecule has 0 aromatic heterocycles. The molecule has 2 aliphatic carbocycles. The Kier molecular flexibility index (Phi) is 1.67. The van der Waals surface area contributed by atoms with Crippen LogP contribution in [-0.2, 0) is 4.79 Å². The molecule has 0 heterocycles. The van der Waals surface area contributed by atoms with E-state index in [2.05, 4.69) is 12.7 Å². The minimum absolute atomic E-state index is 0.0787. The predicted octanol–water partition coefficient (Wildman–Crippen LogP) is 2.63. The van der Waals surface area contributed by atoms with Crippen molar-refractivity contribution in [1.29, 1.82) is 0 Å². The molecule has 1 saturated carbocycles. The topological polar surface area (TPSA) is 17.1 Å². The summed E-state index contributed by atoms with van der Waals surface area (Å²) in [5, 5.41) is 0. The van der Waals surface area contributed by atoms with Gasteiger partial charge in [-0.1, -0.05) is 12.2 Å². The van der Waals surface area contributed by atoms with Crippen molar-refractivity contribution in [2.75, 3.05) is 0 Å². The second-order valence-electron chi connectivity index (χ2n) is 3.79. The SMILES string of the molecule is C=CC12CCCC=C1C(=O)CC2. The average molecular weight is 162 g/mol. The Morgan fingerprint density at radius 3 is 3.00 bits per heavy atom. The van der Waals surface area contributed by atoms with Crippen molar-refractivity contribution in [3.05, 3.63) is 24.3 Å². The zero-order chi connectivity index (χ0) is 8.60. The highest BCUT2D eigenvalue weighted by atomic mass is 16.1. The van der Waals surface area contributed by atoms with E-state index in [4.69, 9.17) is 0 Å². The average Bonchev–Trinajstić information content (AvgIpc) is 2.46. The molecule has 1 atom stereocenters. The minimum atomic E-state index is 0.0787. The molecule has 1 nitrogen and oxygen atoms in total. The van der Waals surface area contributed by atoms with Crippen LogP contribution in [0.3, 0.4) is 0 Å². The van der Waals surface area contributed by atoms with Crippen LogP contribution in [-0.4, -0.2) is 5.78 Å². The lowest BCUT2D eigenvalue weighted by atomic mass is 9.74. The number of carbonyl (C=O) groups excluding carboxylic acids is 1. The molecule has 0 aliphatic heterocycles. The summed E-state index contributed by atoms with van der Waals surface area (Å²) in [6.07, 6.45) is 9.27. The summed E-state index contributed by atoms with van der Waals surface area (Å²) in [5.74, 6) is 0.356. The zero-order valence-corrected chi connectivity index (χ0v) is 7.31. The van der Waals surface area contributed by atoms with Crippen LogP contribution in [0.25, 0.3) is 0 Å². The van der Waals surface area contributed by atoms with E-state index in [-0.39, 0.29) is 5.41 Å². The predicted molar refractivity (Wildman–Crippen MR) is 48.8 cm³/mol. The third-order valence-corrected chi connectivity index (χ3v) is 3.20. The Morgan fingerprint density at radius 2 is 2.33 bits per heavy atom. The van der Waals surface area contributed by atoms with Crippen molar-refractivity contribution in [2.24, 2.45) is 5.41 Å². The quantitative estimate of drug-likeness (QED) is 0.542. The maximum atomic E-state index is 11.5. The maximum absolute atomic E-state index is 11.5. The van der Waals surface area contributed by atoms with Crippen molar-refractivity contribution in [3.63, 3.8) is 0 Å². The number of hydrogen-bond donors (Lipinski definition) is 0. The first kappa shape index (κ1) is 7.78. The summed E-state index contributed by atoms with van der Waals surface area (Å²) in [4.78, 5) is 11.5. The highest BCUT2D eigenvalue weighted by Crippen LogP contribution is 2.48. The molecule has 0 saturated heterocycles. The van der Waals surface area contributed by atoms with Crippen LogP contribution < -0.4 is 0 Å². The number of allylic oxidation sites excluding steroid dienone is 3. The molecule has 0 N–H and O–H groups in total. The van der Waals surface area contributed by atoms with E-state index in [1.807, 2.05) is 6.08 Å². The third-order valence-electron chi connectivity index (χ3n) is 3.20. The molecule has 0 amide bonds. The number of carbonyl (C=O) groups is 1. The molecule has 0 radical (unpaired) electrons. The Balaban J connectivity index is 2.43. The monoisotopic (exact) mass is 162 g/mol. The van der Waals surface area contributed by atoms with Gasteiger partial charge in [-0.25, -0.2) is 0 Å². The van der Waals surface area contributed by atoms with E-state index in [0.29, 0.717) is 5.78 Å². The normalized spacial score (nSPS) is 34.3. The van der Waals surface area contributed by atoms with Gasteiger partial charge in [0, 0.05) is 17.4 Å². The van der Waals surface area contributed by atoms with Crippen molar-refractivity contribution in [3.8, 4) is 0 Å². The van der Waals surface area contributed by atoms with E-state index < -0.39 is 0 Å². The number of ketones is 1. The first-order valence-corrected chi connectivity index (χ1v) is 4.66. The fourth-order valence-corrected chi connectivity index (χ4v) is 2.44. The van der Waals surface area contributed by atoms with E-state index in [9.17, 15) is 4.79 Å². The Labute approximate surface area is 73.2 Å². The Hall–Kier alpha value is -0.850. The highest BCUT2D eigenvalue weighted by molar-refractivity contribution is 5.99. The van der Waals surface area contributed by atoms with Gasteiger partial charge in [0.1, 0.15) is 0 Å². The van der Waals surface area contributed by atoms with Gasteiger partial charge in [-0.15, -0.1) is 6.58 Å². The summed E-state index contributed by atoms with van der Waals surface area (Å²) in [7, 11) is 0. The molecular weight excluding hydrogens is 148 g/mol. The molecule has 1 unspecified atom stereocenters. The van der Waals surface area contributed by atoms with Gasteiger partial charge in [0.2, 0.25) is 0 Å². The van der Waals surface area contributed by atoms with Crippen LogP contribution in [0.4, 0.5) is 0 Å². The molecule has 1 heteroatoms. The highest BCUT2D eigenvalue weighted by Gasteiger charge is 2.41. The van der Waals surface area contributed by atoms with Crippen LogP contribution in [0.5, 0.6) is 0 Å². The largest absolute Gasteiger partial charge is 0.295 e. The summed E-state index contributed by atoms with van der Waals surface area (Å²) in [6.45, 7) is 3.86. The zero-order valence-electron chi connectivity index (χ0n) is 7.31. The smallest absolute Gasteiger partial charge is 0.159 e. The second-order valence-corrected chi connectivity index (χ2v) is 3.79. The lowest BCUT2D eigenvalue weighted by Crippen LogP contribution is -2.20. The summed E-state index contributed by atoms with van der Waals surface area (Å²) in [6, 6.07) is 0. The van der Waals surface area contributed by atoms with Gasteiger partial charge in [0.15, 0.2) is 5.78 Å². The van der Waals surface area contributed by atoms with Crippen LogP contribution in [0, 0.1) is 5.41 Å². The number of hydrogen-bond acceptors (Lipinski definition) is 1. The number of Topliss-reactive ketones (excluding diaryl/α,β-unsaturated/α-hetero) is 1. The standard InChI is InChI=1S/C11H14O/c1-2-11-7-4-3-5-9(11)10(12)6-8-11/h2,5H,1,3-4,6-8H2. The summed E-state index contributed by atoms with van der Waals surface area (Å²) in [5.41, 5.74) is 1.14. The van der Waals surface area contributed by atoms with E-state index >= 15 is 0 Å². The Bertz CT molecular complexity index is 262. The number of rotatable bonds is 1. The van der Waals surface area contributed by atoms with Crippen molar-refractivity contribution in [1.82, 2.24) is 0 Å². The van der Waals surface area contributed by atoms with Gasteiger partial charge in [0.25, 0.3) is 0 Å². The minimum Gasteiger partial charge on any atom is -0.295 e. The lowest BCUT2D eigenvalue weighted by molar-refractivity contribution is -0.114. The third kappa shape index (κ3) is 0.889. The van der Waals surface area contributed by atoms with Gasteiger partial charge >= 0.3 is 0 Å². The molecule has 12 heavy (non-hydrogen) atoms. The summed E-state index contributed by atoms with van der Waals surface area (Å²) >= 11 is 0. The maximum Gasteiger partial charge on any atom is 0.159 e. The van der Waals surface area contributed by atoms with Gasteiger partial charge < -0.3 is 0 Å². The molecule has 0 aromatic carbocycles. The van der Waals surface area contributed by atoms with Crippen molar-refractivity contribution in [2.45, 2.75) is 32.1 Å². The molecule has 0 bridgehead atoms.